The molecule has 0 radical (unpaired) electrons. The van der Waals surface area contributed by atoms with Gasteiger partial charge < -0.3 is 15.5 Å². The summed E-state index contributed by atoms with van der Waals surface area (Å²) in [6.07, 6.45) is 7.64. The largest absolute Gasteiger partial charge is 0.342 e. The van der Waals surface area contributed by atoms with E-state index in [-0.39, 0.29) is 17.7 Å². The van der Waals surface area contributed by atoms with Crippen molar-refractivity contribution in [2.45, 2.75) is 82.6 Å². The second-order valence-corrected chi connectivity index (χ2v) is 11.1. The molecule has 1 unspecified atom stereocenters. The molecule has 2 fully saturated rings. The Morgan fingerprint density at radius 1 is 1.03 bits per heavy atom. The van der Waals surface area contributed by atoms with Crippen LogP contribution in [-0.4, -0.2) is 42.2 Å². The van der Waals surface area contributed by atoms with Crippen molar-refractivity contribution in [1.82, 2.24) is 10.6 Å². The molecule has 0 saturated heterocycles. The molecule has 2 aliphatic carbocycles. The lowest BCUT2D eigenvalue weighted by atomic mass is 9.94. The first kappa shape index (κ1) is 27.0. The van der Waals surface area contributed by atoms with E-state index < -0.39 is 18.4 Å². The summed E-state index contributed by atoms with van der Waals surface area (Å²) in [5.41, 5.74) is 2.18. The van der Waals surface area contributed by atoms with Gasteiger partial charge in [0.05, 0.1) is 11.4 Å². The normalized spacial score (nSPS) is 20.8. The van der Waals surface area contributed by atoms with Gasteiger partial charge in [-0.2, -0.15) is 0 Å². The third-order valence-electron chi connectivity index (χ3n) is 8.52. The molecule has 3 amide bonds. The van der Waals surface area contributed by atoms with Crippen LogP contribution in [0.25, 0.3) is 0 Å². The van der Waals surface area contributed by atoms with Crippen LogP contribution in [0.4, 0.5) is 10.1 Å². The maximum atomic E-state index is 13.8. The van der Waals surface area contributed by atoms with Gasteiger partial charge in [-0.3, -0.25) is 14.4 Å². The number of nitrogens with zero attached hydrogens (tertiary/aromatic N) is 2. The van der Waals surface area contributed by atoms with Gasteiger partial charge in [-0.25, -0.2) is 9.38 Å². The van der Waals surface area contributed by atoms with Crippen LogP contribution in [0, 0.1) is 5.92 Å². The molecule has 7 nitrogen and oxygen atoms in total. The van der Waals surface area contributed by atoms with E-state index in [0.29, 0.717) is 42.1 Å². The predicted molar refractivity (Wildman–Crippen MR) is 149 cm³/mol. The molecule has 8 heteroatoms. The van der Waals surface area contributed by atoms with Gasteiger partial charge in [-0.05, 0) is 36.8 Å². The number of halogens is 1. The molecule has 2 aromatic carbocycles. The van der Waals surface area contributed by atoms with Gasteiger partial charge in [0, 0.05) is 24.6 Å². The number of hydrogen-bond acceptors (Lipinski definition) is 4. The molecule has 206 valence electrons. The lowest BCUT2D eigenvalue weighted by molar-refractivity contribution is -0.135. The van der Waals surface area contributed by atoms with Gasteiger partial charge in [-0.1, -0.05) is 81.0 Å². The Bertz CT molecular complexity index is 1250. The van der Waals surface area contributed by atoms with E-state index in [1.54, 1.807) is 31.3 Å². The van der Waals surface area contributed by atoms with Crippen LogP contribution >= 0.6 is 0 Å². The quantitative estimate of drug-likeness (QED) is 0.511. The molecule has 0 spiro atoms. The minimum atomic E-state index is -1.17. The number of carbonyl (C=O) groups is 3. The summed E-state index contributed by atoms with van der Waals surface area (Å²) in [7, 11) is 1.67. The van der Waals surface area contributed by atoms with E-state index in [9.17, 15) is 18.8 Å². The molecule has 5 rings (SSSR count). The number of fused-ring (bicyclic) bond motifs is 1. The summed E-state index contributed by atoms with van der Waals surface area (Å²) in [5.74, 6) is -0.251. The van der Waals surface area contributed by atoms with Gasteiger partial charge in [0.1, 0.15) is 12.2 Å². The number of para-hydroxylation sites is 1. The number of anilines is 1. The number of hydrogen-bond donors (Lipinski definition) is 2. The average Bonchev–Trinajstić information content (AvgIpc) is 3.65. The highest BCUT2D eigenvalue weighted by Crippen LogP contribution is 2.33. The van der Waals surface area contributed by atoms with E-state index in [4.69, 9.17) is 4.99 Å². The fourth-order valence-corrected chi connectivity index (χ4v) is 6.21. The molecule has 1 atom stereocenters. The monoisotopic (exact) mass is 532 g/mol. The number of benzene rings is 2. The summed E-state index contributed by atoms with van der Waals surface area (Å²) in [6.45, 7) is -0.572. The Morgan fingerprint density at radius 2 is 1.72 bits per heavy atom. The Kier molecular flexibility index (Phi) is 8.10. The van der Waals surface area contributed by atoms with Crippen molar-refractivity contribution in [3.8, 4) is 0 Å². The maximum absolute atomic E-state index is 13.8. The van der Waals surface area contributed by atoms with E-state index in [1.165, 1.54) is 30.6 Å². The van der Waals surface area contributed by atoms with Crippen molar-refractivity contribution in [1.29, 1.82) is 0 Å². The number of alkyl halides is 1. The Hall–Kier alpha value is -3.55. The molecule has 3 aliphatic rings. The highest BCUT2D eigenvalue weighted by atomic mass is 19.1. The number of amides is 3. The second kappa shape index (κ2) is 11.7. The standard InChI is InChI=1S/C31H37FN4O3/c1-36-25-11-5-4-10-24(25)27(23-15-12-22(20-32)13-16-23)33-28(29(36)38)34-30(39)31(18-6-7-19-31)35-26(37)17-14-21-8-2-3-9-21/h4-5,10-13,15-16,21,28H,2-3,6-9,14,17-20H2,1H3,(H,34,39)(H,35,37). The smallest absolute Gasteiger partial charge is 0.272 e. The van der Waals surface area contributed by atoms with Crippen LogP contribution in [0.15, 0.2) is 53.5 Å². The first-order chi connectivity index (χ1) is 18.9. The third kappa shape index (κ3) is 5.75. The van der Waals surface area contributed by atoms with Gasteiger partial charge in [0.25, 0.3) is 5.91 Å². The van der Waals surface area contributed by atoms with Gasteiger partial charge >= 0.3 is 0 Å². The van der Waals surface area contributed by atoms with Crippen LogP contribution < -0.4 is 15.5 Å². The Balaban J connectivity index is 1.40. The Morgan fingerprint density at radius 3 is 2.41 bits per heavy atom. The van der Waals surface area contributed by atoms with Gasteiger partial charge in [-0.15, -0.1) is 0 Å². The van der Waals surface area contributed by atoms with Gasteiger partial charge in [0.2, 0.25) is 18.0 Å². The van der Waals surface area contributed by atoms with Crippen molar-refractivity contribution in [3.05, 3.63) is 65.2 Å². The van der Waals surface area contributed by atoms with E-state index >= 15 is 0 Å². The minimum Gasteiger partial charge on any atom is -0.342 e. The van der Waals surface area contributed by atoms with Crippen molar-refractivity contribution < 1.29 is 18.8 Å². The highest BCUT2D eigenvalue weighted by Gasteiger charge is 2.44. The van der Waals surface area contributed by atoms with Gasteiger partial charge in [0.15, 0.2) is 0 Å². The molecular weight excluding hydrogens is 495 g/mol. The molecule has 2 aromatic rings. The molecule has 1 heterocycles. The number of rotatable bonds is 8. The van der Waals surface area contributed by atoms with Crippen molar-refractivity contribution in [3.63, 3.8) is 0 Å². The number of benzodiazepines with no additional fused rings is 1. The zero-order valence-electron chi connectivity index (χ0n) is 22.5. The first-order valence-corrected chi connectivity index (χ1v) is 14.1. The lowest BCUT2D eigenvalue weighted by Gasteiger charge is -2.31. The van der Waals surface area contributed by atoms with Crippen LogP contribution in [0.1, 0.15) is 80.9 Å². The third-order valence-corrected chi connectivity index (χ3v) is 8.52. The van der Waals surface area contributed by atoms with E-state index in [1.807, 2.05) is 24.3 Å². The number of carbonyl (C=O) groups excluding carboxylic acids is 3. The fraction of sp³-hybridized carbons (Fsp3) is 0.484. The van der Waals surface area contributed by atoms with E-state index in [0.717, 1.165) is 30.4 Å². The molecule has 1 aliphatic heterocycles. The molecule has 39 heavy (non-hydrogen) atoms. The minimum absolute atomic E-state index is 0.104. The molecule has 0 aromatic heterocycles. The van der Waals surface area contributed by atoms with E-state index in [2.05, 4.69) is 10.6 Å². The summed E-state index contributed by atoms with van der Waals surface area (Å²) in [4.78, 5) is 46.6. The molecule has 2 N–H and O–H groups in total. The summed E-state index contributed by atoms with van der Waals surface area (Å²) in [6, 6.07) is 14.4. The van der Waals surface area contributed by atoms with Crippen LogP contribution in [0.3, 0.4) is 0 Å². The average molecular weight is 533 g/mol. The second-order valence-electron chi connectivity index (χ2n) is 11.1. The zero-order chi connectivity index (χ0) is 27.4. The zero-order valence-corrected chi connectivity index (χ0v) is 22.5. The van der Waals surface area contributed by atoms with Crippen LogP contribution in [-0.2, 0) is 21.1 Å². The number of nitrogens with one attached hydrogen (secondary N) is 2. The van der Waals surface area contributed by atoms with Crippen molar-refractivity contribution in [2.75, 3.05) is 11.9 Å². The lowest BCUT2D eigenvalue weighted by Crippen LogP contribution is -2.60. The molecule has 0 bridgehead atoms. The topological polar surface area (TPSA) is 90.9 Å². The van der Waals surface area contributed by atoms with Crippen LogP contribution in [0.5, 0.6) is 0 Å². The number of likely N-dealkylation sites (N-methyl/N-ethyl adjacent to an activating group) is 1. The number of aliphatic imine (C=N–C) groups is 1. The Labute approximate surface area is 229 Å². The summed E-state index contributed by atoms with van der Waals surface area (Å²) < 4.78 is 13.2. The summed E-state index contributed by atoms with van der Waals surface area (Å²) in [5, 5.41) is 5.95. The van der Waals surface area contributed by atoms with Crippen LogP contribution in [0.2, 0.25) is 0 Å². The van der Waals surface area contributed by atoms with Crippen molar-refractivity contribution in [2.24, 2.45) is 10.9 Å². The SMILES string of the molecule is CN1C(=O)C(NC(=O)C2(NC(=O)CCC3CCCC3)CCCC2)N=C(c2ccc(CF)cc2)c2ccccc21. The first-order valence-electron chi connectivity index (χ1n) is 14.1. The predicted octanol–water partition coefficient (Wildman–Crippen LogP) is 4.81. The highest BCUT2D eigenvalue weighted by molar-refractivity contribution is 6.20. The summed E-state index contributed by atoms with van der Waals surface area (Å²) >= 11 is 0. The maximum Gasteiger partial charge on any atom is 0.272 e. The fourth-order valence-electron chi connectivity index (χ4n) is 6.21. The van der Waals surface area contributed by atoms with Crippen molar-refractivity contribution >= 4 is 29.1 Å². The molecule has 2 saturated carbocycles. The molecular formula is C31H37FN4O3.